The van der Waals surface area contributed by atoms with Crippen molar-refractivity contribution in [1.29, 1.82) is 0 Å². The van der Waals surface area contributed by atoms with Crippen LogP contribution in [-0.4, -0.2) is 66.7 Å². The molecule has 336 valence electrons. The largest absolute Gasteiger partial charge is 0.496 e. The van der Waals surface area contributed by atoms with Crippen molar-refractivity contribution in [3.8, 4) is 22.2 Å². The predicted octanol–water partition coefficient (Wildman–Crippen LogP) is 9.28. The van der Waals surface area contributed by atoms with Crippen molar-refractivity contribution < 1.29 is 36.7 Å². The van der Waals surface area contributed by atoms with Crippen molar-refractivity contribution in [1.82, 2.24) is 19.6 Å². The molecule has 3 aliphatic rings. The molecule has 2 aliphatic heterocycles. The lowest BCUT2D eigenvalue weighted by molar-refractivity contribution is -0.142. The van der Waals surface area contributed by atoms with Gasteiger partial charge in [-0.25, -0.2) is 22.8 Å². The number of carbonyl (C=O) groups is 3. The molecule has 5 aromatic rings. The van der Waals surface area contributed by atoms with Crippen LogP contribution in [0.15, 0.2) is 90.3 Å². The number of ketones is 1. The number of Topliss-reactive ketones (excluding diaryl/α,β-unsaturated/α-hetero) is 1. The first-order valence-electron chi connectivity index (χ1n) is 22.2. The lowest BCUT2D eigenvalue weighted by Crippen LogP contribution is -2.46. The average Bonchev–Trinajstić information content (AvgIpc) is 3.54. The summed E-state index contributed by atoms with van der Waals surface area (Å²) in [6.07, 6.45) is 7.74. The molecule has 0 spiro atoms. The minimum atomic E-state index is -4.10. The number of halogens is 1. The Morgan fingerprint density at radius 1 is 1.00 bits per heavy atom. The molecule has 2 aromatic heterocycles. The Hall–Kier alpha value is -5.47. The van der Waals surface area contributed by atoms with Crippen LogP contribution in [0.1, 0.15) is 93.5 Å². The maximum absolute atomic E-state index is 15.0. The lowest BCUT2D eigenvalue weighted by Gasteiger charge is -2.29. The van der Waals surface area contributed by atoms with E-state index in [2.05, 4.69) is 18.6 Å². The van der Waals surface area contributed by atoms with Gasteiger partial charge in [0.25, 0.3) is 0 Å². The maximum atomic E-state index is 15.0. The third kappa shape index (κ3) is 9.92. The van der Waals surface area contributed by atoms with E-state index in [1.54, 1.807) is 54.5 Å². The zero-order valence-electron chi connectivity index (χ0n) is 36.7. The summed E-state index contributed by atoms with van der Waals surface area (Å²) in [6.45, 7) is 6.21. The van der Waals surface area contributed by atoms with E-state index in [1.165, 1.54) is 23.5 Å². The number of hydrogen-bond donors (Lipinski definition) is 1. The summed E-state index contributed by atoms with van der Waals surface area (Å²) in [5, 5.41) is 3.49. The molecular weight excluding hydrogens is 852 g/mol. The number of amides is 2. The summed E-state index contributed by atoms with van der Waals surface area (Å²) in [7, 11) is -2.49. The van der Waals surface area contributed by atoms with Crippen molar-refractivity contribution in [2.75, 3.05) is 13.7 Å². The van der Waals surface area contributed by atoms with Gasteiger partial charge < -0.3 is 14.4 Å². The standard InChI is InChI=1S/C50H55FN4O7S2/c1-31(2)41-29-63-47(53-41)40-25-45(39-21-22-44(61-4)32(3)46(39)52-40)62-38-24-42-43(56)27-50(49(58)54-64(59,60)30-34-13-9-8-10-14-34)26-36(50)16-12-7-5-6-11-15-35(48(57)55(42)28-38)23-33-17-19-37(51)20-18-33/h8-10,12-14,16-22,25,29,31,35-36,38,42H,5-7,11,15,23-24,26-28,30H2,1-4H3,(H,54,58)/b16-12-/t35-,36-,38-,42+,50-/m1/s1. The molecule has 3 aromatic carbocycles. The van der Waals surface area contributed by atoms with E-state index < -0.39 is 39.4 Å². The zero-order valence-corrected chi connectivity index (χ0v) is 38.4. The molecule has 1 saturated heterocycles. The monoisotopic (exact) mass is 906 g/mol. The summed E-state index contributed by atoms with van der Waals surface area (Å²) in [5.41, 5.74) is 3.12. The van der Waals surface area contributed by atoms with Gasteiger partial charge >= 0.3 is 0 Å². The van der Waals surface area contributed by atoms with Gasteiger partial charge in [0.2, 0.25) is 21.8 Å². The lowest BCUT2D eigenvalue weighted by atomic mass is 9.90. The number of carbonyl (C=O) groups excluding carboxylic acids is 3. The van der Waals surface area contributed by atoms with Crippen molar-refractivity contribution >= 4 is 49.9 Å². The number of pyridine rings is 1. The number of fused-ring (bicyclic) bond motifs is 3. The van der Waals surface area contributed by atoms with Crippen LogP contribution >= 0.6 is 11.3 Å². The smallest absolute Gasteiger partial charge is 0.240 e. The van der Waals surface area contributed by atoms with Crippen LogP contribution in [0, 0.1) is 30.0 Å². The topological polar surface area (TPSA) is 145 Å². The van der Waals surface area contributed by atoms with Gasteiger partial charge in [0.05, 0.1) is 42.1 Å². The van der Waals surface area contributed by atoms with Crippen molar-refractivity contribution in [2.45, 2.75) is 102 Å². The highest BCUT2D eigenvalue weighted by molar-refractivity contribution is 7.89. The third-order valence-electron chi connectivity index (χ3n) is 13.0. The molecule has 0 radical (unpaired) electrons. The average molecular weight is 907 g/mol. The summed E-state index contributed by atoms with van der Waals surface area (Å²) >= 11 is 1.50. The van der Waals surface area contributed by atoms with Crippen LogP contribution in [-0.2, 0) is 36.6 Å². The van der Waals surface area contributed by atoms with Crippen LogP contribution in [0.5, 0.6) is 11.5 Å². The van der Waals surface area contributed by atoms with E-state index in [1.807, 2.05) is 42.7 Å². The first-order chi connectivity index (χ1) is 30.7. The number of aromatic nitrogens is 2. The molecule has 1 N–H and O–H groups in total. The molecule has 0 bridgehead atoms. The summed E-state index contributed by atoms with van der Waals surface area (Å²) in [4.78, 5) is 55.7. The Morgan fingerprint density at radius 2 is 1.78 bits per heavy atom. The number of nitrogens with one attached hydrogen (secondary N) is 1. The van der Waals surface area contributed by atoms with Crippen LogP contribution in [0.25, 0.3) is 21.6 Å². The Balaban J connectivity index is 1.14. The second-order valence-electron chi connectivity index (χ2n) is 17.9. The van der Waals surface area contributed by atoms with Gasteiger partial charge in [-0.15, -0.1) is 11.3 Å². The molecule has 64 heavy (non-hydrogen) atoms. The molecule has 11 nitrogen and oxygen atoms in total. The van der Waals surface area contributed by atoms with Gasteiger partial charge in [-0.1, -0.05) is 81.3 Å². The summed E-state index contributed by atoms with van der Waals surface area (Å²) < 4.78 is 55.7. The van der Waals surface area contributed by atoms with Gasteiger partial charge in [0.15, 0.2) is 5.78 Å². The number of hydrogen-bond acceptors (Lipinski definition) is 10. The van der Waals surface area contributed by atoms with Crippen LogP contribution in [0.2, 0.25) is 0 Å². The fourth-order valence-electron chi connectivity index (χ4n) is 9.26. The molecule has 14 heteroatoms. The SMILES string of the molecule is COc1ccc2c(O[C@@H]3C[C@H]4C(=O)C[C@]5(C(=O)NS(=O)(=O)Cc6ccccc6)C[C@H]5/C=C\CCCCC[C@H](Cc5ccc(F)cc5)C(=O)N4C3)cc(-c3nc(C(C)C)cs3)nc2c1C. The molecule has 5 atom stereocenters. The maximum Gasteiger partial charge on any atom is 0.240 e. The summed E-state index contributed by atoms with van der Waals surface area (Å²) in [5.74, 6) is -1.43. The summed E-state index contributed by atoms with van der Waals surface area (Å²) in [6, 6.07) is 19.5. The van der Waals surface area contributed by atoms with E-state index in [-0.39, 0.29) is 54.5 Å². The number of allylic oxidation sites excluding steroid dienone is 2. The minimum Gasteiger partial charge on any atom is -0.496 e. The molecular formula is C50H55FN4O7S2. The number of rotatable bonds is 11. The van der Waals surface area contributed by atoms with Crippen LogP contribution < -0.4 is 14.2 Å². The van der Waals surface area contributed by atoms with Gasteiger partial charge in [-0.2, -0.15) is 0 Å². The Bertz CT molecular complexity index is 2670. The predicted molar refractivity (Wildman–Crippen MR) is 246 cm³/mol. The molecule has 8 rings (SSSR count). The number of benzene rings is 3. The van der Waals surface area contributed by atoms with Crippen molar-refractivity contribution in [3.05, 3.63) is 119 Å². The van der Waals surface area contributed by atoms with E-state index in [0.717, 1.165) is 52.9 Å². The fourth-order valence-corrected chi connectivity index (χ4v) is 11.4. The zero-order chi connectivity index (χ0) is 45.2. The number of ether oxygens (including phenoxy) is 2. The number of nitrogens with zero attached hydrogens (tertiary/aromatic N) is 3. The van der Waals surface area contributed by atoms with Crippen molar-refractivity contribution in [3.63, 3.8) is 0 Å². The van der Waals surface area contributed by atoms with Gasteiger partial charge in [-0.3, -0.25) is 19.1 Å². The first-order valence-corrected chi connectivity index (χ1v) is 24.7. The fraction of sp³-hybridized carbons (Fsp3) is 0.420. The van der Waals surface area contributed by atoms with E-state index in [0.29, 0.717) is 47.5 Å². The van der Waals surface area contributed by atoms with E-state index in [4.69, 9.17) is 19.4 Å². The molecule has 2 amide bonds. The quantitative estimate of drug-likeness (QED) is 0.128. The molecule has 2 fully saturated rings. The van der Waals surface area contributed by atoms with Crippen LogP contribution in [0.3, 0.4) is 0 Å². The van der Waals surface area contributed by atoms with Crippen LogP contribution in [0.4, 0.5) is 4.39 Å². The number of methoxy groups -OCH3 is 1. The second kappa shape index (κ2) is 18.9. The molecule has 0 unspecified atom stereocenters. The van der Waals surface area contributed by atoms with Gasteiger partial charge in [0, 0.05) is 41.2 Å². The number of thiazole rings is 1. The number of sulfonamides is 1. The molecule has 4 heterocycles. The highest BCUT2D eigenvalue weighted by Crippen LogP contribution is 2.57. The highest BCUT2D eigenvalue weighted by Gasteiger charge is 2.61. The van der Waals surface area contributed by atoms with Gasteiger partial charge in [-0.05, 0) is 86.3 Å². The minimum absolute atomic E-state index is 0.103. The Morgan fingerprint density at radius 3 is 2.52 bits per heavy atom. The molecule has 1 aliphatic carbocycles. The first kappa shape index (κ1) is 45.1. The molecule has 1 saturated carbocycles. The number of aryl methyl sites for hydroxylation is 1. The normalized spacial score (nSPS) is 23.5. The Labute approximate surface area is 378 Å². The Kier molecular flexibility index (Phi) is 13.3. The third-order valence-corrected chi connectivity index (χ3v) is 15.1. The second-order valence-corrected chi connectivity index (χ2v) is 20.5. The van der Waals surface area contributed by atoms with Crippen molar-refractivity contribution in [2.24, 2.45) is 17.3 Å². The highest BCUT2D eigenvalue weighted by atomic mass is 32.2. The van der Waals surface area contributed by atoms with Gasteiger partial charge in [0.1, 0.15) is 34.1 Å². The van der Waals surface area contributed by atoms with E-state index in [9.17, 15) is 22.4 Å². The van der Waals surface area contributed by atoms with E-state index >= 15 is 4.79 Å².